The van der Waals surface area contributed by atoms with Crippen molar-refractivity contribution in [1.29, 1.82) is 0 Å². The van der Waals surface area contributed by atoms with E-state index in [9.17, 15) is 30.6 Å². The number of aliphatic hydroxyl groups is 7. The smallest absolute Gasteiger partial charge is 0.463 e. The minimum atomic E-state index is -1.64. The van der Waals surface area contributed by atoms with E-state index in [2.05, 4.69) is 0 Å². The molecule has 0 aliphatic carbocycles. The van der Waals surface area contributed by atoms with E-state index in [4.69, 9.17) is 18.4 Å². The molecule has 11 heteroatoms. The van der Waals surface area contributed by atoms with Crippen LogP contribution in [0, 0.1) is 0 Å². The molecule has 9 atom stereocenters. The van der Waals surface area contributed by atoms with Crippen molar-refractivity contribution in [3.63, 3.8) is 0 Å². The zero-order valence-corrected chi connectivity index (χ0v) is 12.7. The van der Waals surface area contributed by atoms with Crippen LogP contribution in [-0.4, -0.2) is 118 Å². The van der Waals surface area contributed by atoms with Crippen LogP contribution < -0.4 is 0 Å². The Kier molecular flexibility index (Phi) is 6.55. The molecule has 0 unspecified atom stereocenters. The maximum atomic E-state index is 9.95. The van der Waals surface area contributed by atoms with Gasteiger partial charge < -0.3 is 49.0 Å². The van der Waals surface area contributed by atoms with Crippen LogP contribution in [0.4, 0.5) is 0 Å². The predicted molar refractivity (Wildman–Crippen MR) is 68.4 cm³/mol. The van der Waals surface area contributed by atoms with Crippen molar-refractivity contribution in [3.05, 3.63) is 0 Å². The van der Waals surface area contributed by atoms with Crippen LogP contribution in [0.15, 0.2) is 0 Å². The van der Waals surface area contributed by atoms with Gasteiger partial charge in [0.25, 0.3) is 0 Å². The van der Waals surface area contributed by atoms with Crippen LogP contribution in [0.2, 0.25) is 0 Å². The highest BCUT2D eigenvalue weighted by molar-refractivity contribution is 6.29. The fourth-order valence-corrected chi connectivity index (χ4v) is 3.39. The van der Waals surface area contributed by atoms with Gasteiger partial charge in [-0.15, -0.1) is 0 Å². The van der Waals surface area contributed by atoms with Gasteiger partial charge in [-0.1, -0.05) is 0 Å². The highest BCUT2D eigenvalue weighted by Gasteiger charge is 2.48. The van der Waals surface area contributed by atoms with Crippen molar-refractivity contribution in [1.82, 2.24) is 0 Å². The lowest BCUT2D eigenvalue weighted by Gasteiger charge is -2.44. The molecule has 2 saturated heterocycles. The Labute approximate surface area is 132 Å². The van der Waals surface area contributed by atoms with Gasteiger partial charge in [0.05, 0.1) is 30.4 Å². The SMILES string of the molecule is OC[C@H]1O[C@@H](O[C@H]2[C@H](O)[C@@H](O)[Al][O][C@@H]2CO)[C@H](O)[C@@H](O)[C@H]1O. The number of hydrogen-bond donors (Lipinski definition) is 7. The fraction of sp³-hybridized carbons (Fsp3) is 1.00. The maximum Gasteiger partial charge on any atom is 0.463 e. The second kappa shape index (κ2) is 7.80. The molecule has 1 radical (unpaired) electrons. The Morgan fingerprint density at radius 3 is 2.05 bits per heavy atom. The van der Waals surface area contributed by atoms with Gasteiger partial charge in [0.15, 0.2) is 6.29 Å². The molecule has 0 aromatic carbocycles. The lowest BCUT2D eigenvalue weighted by atomic mass is 9.99. The standard InChI is InChI=1S/C11H20O10.Al/c12-1-4(15)10(5(16)2-13)21-11-9(19)8(18)7(17)6(3-14)20-11;/h1,4-15,17-19H,2-3H2;/q-1;+1/t4-,5-,6-,7+,8+,9-,10+,11+;/m1./s1. The van der Waals surface area contributed by atoms with Crippen molar-refractivity contribution in [2.45, 2.75) is 54.0 Å². The van der Waals surface area contributed by atoms with Gasteiger partial charge >= 0.3 is 15.6 Å². The maximum absolute atomic E-state index is 9.95. The Bertz CT molecular complexity index is 356. The normalized spacial score (nSPS) is 49.7. The monoisotopic (exact) mass is 339 g/mol. The zero-order chi connectivity index (χ0) is 16.4. The molecule has 7 N–H and O–H groups in total. The number of aliphatic hydroxyl groups excluding tert-OH is 7. The van der Waals surface area contributed by atoms with Crippen LogP contribution in [0.5, 0.6) is 0 Å². The highest BCUT2D eigenvalue weighted by Crippen LogP contribution is 2.26. The Morgan fingerprint density at radius 2 is 1.45 bits per heavy atom. The van der Waals surface area contributed by atoms with E-state index in [1.165, 1.54) is 0 Å². The first-order valence-electron chi connectivity index (χ1n) is 6.82. The van der Waals surface area contributed by atoms with Gasteiger partial charge in [0.2, 0.25) is 0 Å². The summed E-state index contributed by atoms with van der Waals surface area (Å²) in [6.07, 6.45) is -10.9. The summed E-state index contributed by atoms with van der Waals surface area (Å²) in [5.41, 5.74) is 0. The van der Waals surface area contributed by atoms with E-state index < -0.39 is 82.8 Å². The average molecular weight is 339 g/mol. The van der Waals surface area contributed by atoms with Crippen molar-refractivity contribution in [2.24, 2.45) is 0 Å². The molecular formula is C11H20AlO10. The third-order valence-corrected chi connectivity index (χ3v) is 4.95. The molecule has 22 heavy (non-hydrogen) atoms. The Balaban J connectivity index is 2.09. The molecule has 0 bridgehead atoms. The second-order valence-corrected chi connectivity index (χ2v) is 6.50. The molecule has 2 heterocycles. The van der Waals surface area contributed by atoms with Gasteiger partial charge in [-0.25, -0.2) is 0 Å². The molecule has 0 amide bonds. The second-order valence-electron chi connectivity index (χ2n) is 5.27. The molecule has 2 rings (SSSR count). The van der Waals surface area contributed by atoms with Crippen LogP contribution in [-0.2, 0) is 13.3 Å². The van der Waals surface area contributed by atoms with E-state index in [-0.39, 0.29) is 0 Å². The lowest BCUT2D eigenvalue weighted by Crippen LogP contribution is -2.63. The average Bonchev–Trinajstić information content (AvgIpc) is 2.52. The van der Waals surface area contributed by atoms with Gasteiger partial charge in [0, 0.05) is 0 Å². The minimum Gasteiger partial charge on any atom is -0.499 e. The highest BCUT2D eigenvalue weighted by atomic mass is 27.1. The lowest BCUT2D eigenvalue weighted by molar-refractivity contribution is -0.327. The molecule has 0 spiro atoms. The molecule has 0 saturated carbocycles. The third-order valence-electron chi connectivity index (χ3n) is 3.77. The summed E-state index contributed by atoms with van der Waals surface area (Å²) >= 11 is -0.951. The molecule has 2 aliphatic rings. The summed E-state index contributed by atoms with van der Waals surface area (Å²) in [7, 11) is 0. The largest absolute Gasteiger partial charge is 0.499 e. The summed E-state index contributed by atoms with van der Waals surface area (Å²) in [4.78, 5) is -1.17. The molecular weight excluding hydrogens is 319 g/mol. The Hall–Kier alpha value is 0.132. The first-order chi connectivity index (χ1) is 10.4. The number of rotatable bonds is 4. The van der Waals surface area contributed by atoms with Gasteiger partial charge in [-0.2, -0.15) is 0 Å². The van der Waals surface area contributed by atoms with Crippen LogP contribution in [0.25, 0.3) is 0 Å². The van der Waals surface area contributed by atoms with Crippen LogP contribution >= 0.6 is 0 Å². The van der Waals surface area contributed by atoms with Crippen LogP contribution in [0.3, 0.4) is 0 Å². The quantitative estimate of drug-likeness (QED) is 0.246. The Morgan fingerprint density at radius 1 is 0.818 bits per heavy atom. The topological polar surface area (TPSA) is 169 Å². The van der Waals surface area contributed by atoms with Crippen molar-refractivity contribution in [3.8, 4) is 0 Å². The molecule has 2 aliphatic heterocycles. The summed E-state index contributed by atoms with van der Waals surface area (Å²) in [6, 6.07) is 0. The van der Waals surface area contributed by atoms with Crippen molar-refractivity contribution in [2.75, 3.05) is 13.2 Å². The first-order valence-corrected chi connectivity index (χ1v) is 7.96. The van der Waals surface area contributed by atoms with Gasteiger partial charge in [-0.05, 0) is 0 Å². The molecule has 10 nitrogen and oxygen atoms in total. The van der Waals surface area contributed by atoms with Gasteiger partial charge in [0.1, 0.15) is 30.5 Å². The molecule has 0 aromatic rings. The van der Waals surface area contributed by atoms with Crippen molar-refractivity contribution >= 4 is 15.6 Å². The fourth-order valence-electron chi connectivity index (χ4n) is 2.40. The van der Waals surface area contributed by atoms with Crippen LogP contribution in [0.1, 0.15) is 0 Å². The van der Waals surface area contributed by atoms with Crippen molar-refractivity contribution < 1.29 is 49.0 Å². The van der Waals surface area contributed by atoms with Gasteiger partial charge in [-0.3, -0.25) is 0 Å². The minimum absolute atomic E-state index is 0.487. The summed E-state index contributed by atoms with van der Waals surface area (Å²) in [5, 5.41) is 67.1. The van der Waals surface area contributed by atoms with E-state index in [1.54, 1.807) is 0 Å². The third kappa shape index (κ3) is 3.62. The zero-order valence-electron chi connectivity index (χ0n) is 11.5. The predicted octanol–water partition coefficient (Wildman–Crippen LogP) is -5.14. The molecule has 2 fully saturated rings. The molecule has 127 valence electrons. The number of ether oxygens (including phenoxy) is 2. The molecule has 0 aromatic heterocycles. The van der Waals surface area contributed by atoms with E-state index >= 15 is 0 Å². The van der Waals surface area contributed by atoms with E-state index in [1.807, 2.05) is 0 Å². The first kappa shape index (κ1) is 18.5. The summed E-state index contributed by atoms with van der Waals surface area (Å²) in [6.45, 7) is -1.11. The summed E-state index contributed by atoms with van der Waals surface area (Å²) < 4.78 is 15.7. The summed E-state index contributed by atoms with van der Waals surface area (Å²) in [5.74, 6) is 0. The number of hydrogen-bond acceptors (Lipinski definition) is 10. The van der Waals surface area contributed by atoms with E-state index in [0.717, 1.165) is 0 Å². The van der Waals surface area contributed by atoms with E-state index in [0.29, 0.717) is 0 Å².